The van der Waals surface area contributed by atoms with Gasteiger partial charge in [0.25, 0.3) is 5.91 Å². The number of urea groups is 1. The minimum Gasteiger partial charge on any atom is -0.319 e. The Bertz CT molecular complexity index is 1230. The molecule has 3 aromatic rings. The minimum absolute atomic E-state index is 0.213. The molecule has 2 aliphatic rings. The molecular weight excluding hydrogens is 396 g/mol. The summed E-state index contributed by atoms with van der Waals surface area (Å²) in [5, 5.41) is 3.86. The van der Waals surface area contributed by atoms with Gasteiger partial charge < -0.3 is 5.32 Å². The first-order chi connectivity index (χ1) is 14.4. The maximum absolute atomic E-state index is 13.3. The van der Waals surface area contributed by atoms with Crippen LogP contribution in [0.15, 0.2) is 42.5 Å². The SMILES string of the molecule is Cc1c(C(=O)CN2C(=O)N[C@@](C)(c3ccc4c(c3)CCC4)C2=O)sc2ccccc12. The summed E-state index contributed by atoms with van der Waals surface area (Å²) in [6, 6.07) is 13.3. The van der Waals surface area contributed by atoms with E-state index in [2.05, 4.69) is 11.4 Å². The molecular formula is C24H22N2O3S. The van der Waals surface area contributed by atoms with E-state index in [9.17, 15) is 14.4 Å². The van der Waals surface area contributed by atoms with Crippen molar-refractivity contribution >= 4 is 39.1 Å². The summed E-state index contributed by atoms with van der Waals surface area (Å²) in [6.45, 7) is 3.38. The summed E-state index contributed by atoms with van der Waals surface area (Å²) in [5.41, 5.74) is 3.07. The van der Waals surface area contributed by atoms with Crippen molar-refractivity contribution in [3.8, 4) is 0 Å². The van der Waals surface area contributed by atoms with Crippen LogP contribution in [0.1, 0.15) is 45.3 Å². The van der Waals surface area contributed by atoms with Crippen molar-refractivity contribution in [2.24, 2.45) is 0 Å². The lowest BCUT2D eigenvalue weighted by atomic mass is 9.89. The Balaban J connectivity index is 1.43. The highest BCUT2D eigenvalue weighted by Crippen LogP contribution is 2.34. The standard InChI is InChI=1S/C24H22N2O3S/c1-14-18-8-3-4-9-20(18)30-21(14)19(27)13-26-22(28)24(2,25-23(26)29)17-11-10-15-6-5-7-16(15)12-17/h3-4,8-12H,5-7,13H2,1-2H3,(H,25,29)/t24-/m0/s1. The third-order valence-corrected chi connectivity index (χ3v) is 7.66. The average Bonchev–Trinajstić information content (AvgIpc) is 3.40. The van der Waals surface area contributed by atoms with Gasteiger partial charge in [0, 0.05) is 4.70 Å². The van der Waals surface area contributed by atoms with Crippen LogP contribution in [0.3, 0.4) is 0 Å². The van der Waals surface area contributed by atoms with E-state index in [1.807, 2.05) is 43.3 Å². The molecule has 1 fully saturated rings. The molecule has 6 heteroatoms. The number of benzene rings is 2. The highest BCUT2D eigenvalue weighted by molar-refractivity contribution is 7.21. The summed E-state index contributed by atoms with van der Waals surface area (Å²) in [6.07, 6.45) is 3.17. The molecule has 0 unspecified atom stereocenters. The predicted molar refractivity (Wildman–Crippen MR) is 117 cm³/mol. The van der Waals surface area contributed by atoms with Crippen LogP contribution in [0, 0.1) is 6.92 Å². The van der Waals surface area contributed by atoms with Crippen molar-refractivity contribution in [2.75, 3.05) is 6.54 Å². The second-order valence-electron chi connectivity index (χ2n) is 8.26. The van der Waals surface area contributed by atoms with E-state index in [0.29, 0.717) is 4.88 Å². The molecule has 1 atom stereocenters. The molecule has 30 heavy (non-hydrogen) atoms. The Morgan fingerprint density at radius 2 is 1.90 bits per heavy atom. The summed E-state index contributed by atoms with van der Waals surface area (Å²) < 4.78 is 1.03. The van der Waals surface area contributed by atoms with Crippen molar-refractivity contribution in [3.05, 3.63) is 69.6 Å². The fraction of sp³-hybridized carbons (Fsp3) is 0.292. The van der Waals surface area contributed by atoms with Gasteiger partial charge in [-0.1, -0.05) is 36.4 Å². The monoisotopic (exact) mass is 418 g/mol. The summed E-state index contributed by atoms with van der Waals surface area (Å²) in [5.74, 6) is -0.590. The second-order valence-corrected chi connectivity index (χ2v) is 9.31. The number of hydrogen-bond acceptors (Lipinski definition) is 4. The molecule has 0 saturated carbocycles. The molecule has 3 amide bonds. The van der Waals surface area contributed by atoms with Gasteiger partial charge in [-0.3, -0.25) is 14.5 Å². The minimum atomic E-state index is -1.15. The number of carbonyl (C=O) groups is 3. The molecule has 1 aliphatic heterocycles. The molecule has 2 heterocycles. The fourth-order valence-corrected chi connectivity index (χ4v) is 5.71. The molecule has 5 rings (SSSR count). The second kappa shape index (κ2) is 6.77. The van der Waals surface area contributed by atoms with Crippen molar-refractivity contribution in [1.82, 2.24) is 10.2 Å². The van der Waals surface area contributed by atoms with Crippen LogP contribution in [0.2, 0.25) is 0 Å². The first kappa shape index (κ1) is 19.0. The zero-order valence-electron chi connectivity index (χ0n) is 17.0. The van der Waals surface area contributed by atoms with E-state index < -0.39 is 11.6 Å². The lowest BCUT2D eigenvalue weighted by molar-refractivity contribution is -0.130. The molecule has 0 radical (unpaired) electrons. The molecule has 152 valence electrons. The lowest BCUT2D eigenvalue weighted by Gasteiger charge is -2.23. The molecule has 1 saturated heterocycles. The normalized spacial score (nSPS) is 20.7. The molecule has 0 bridgehead atoms. The Labute approximate surface area is 178 Å². The van der Waals surface area contributed by atoms with Gasteiger partial charge in [-0.2, -0.15) is 0 Å². The number of thiophene rings is 1. The van der Waals surface area contributed by atoms with Crippen LogP contribution in [0.4, 0.5) is 4.79 Å². The topological polar surface area (TPSA) is 66.5 Å². The predicted octanol–water partition coefficient (Wildman–Crippen LogP) is 4.35. The Kier molecular flexibility index (Phi) is 4.29. The zero-order valence-corrected chi connectivity index (χ0v) is 17.8. The lowest BCUT2D eigenvalue weighted by Crippen LogP contribution is -2.41. The molecule has 1 aromatic heterocycles. The Hall–Kier alpha value is -2.99. The van der Waals surface area contributed by atoms with Gasteiger partial charge in [0.2, 0.25) is 0 Å². The van der Waals surface area contributed by atoms with E-state index in [-0.39, 0.29) is 18.2 Å². The van der Waals surface area contributed by atoms with Crippen LogP contribution >= 0.6 is 11.3 Å². The Morgan fingerprint density at radius 3 is 2.70 bits per heavy atom. The van der Waals surface area contributed by atoms with E-state index in [0.717, 1.165) is 45.4 Å². The highest BCUT2D eigenvalue weighted by Gasteiger charge is 2.49. The first-order valence-corrected chi connectivity index (χ1v) is 11.0. The average molecular weight is 419 g/mol. The first-order valence-electron chi connectivity index (χ1n) is 10.2. The van der Waals surface area contributed by atoms with Crippen LogP contribution in [-0.2, 0) is 23.2 Å². The van der Waals surface area contributed by atoms with Crippen LogP contribution in [0.5, 0.6) is 0 Å². The number of nitrogens with one attached hydrogen (secondary N) is 1. The fourth-order valence-electron chi connectivity index (χ4n) is 4.57. The molecule has 1 N–H and O–H groups in total. The molecule has 5 nitrogen and oxygen atoms in total. The molecule has 2 aromatic carbocycles. The number of Topliss-reactive ketones (excluding diaryl/α,β-unsaturated/α-hetero) is 1. The quantitative estimate of drug-likeness (QED) is 0.506. The number of hydrogen-bond donors (Lipinski definition) is 1. The smallest absolute Gasteiger partial charge is 0.319 e. The maximum atomic E-state index is 13.3. The molecule has 1 aliphatic carbocycles. The van der Waals surface area contributed by atoms with Crippen LogP contribution in [-0.4, -0.2) is 29.2 Å². The maximum Gasteiger partial charge on any atom is 0.325 e. The van der Waals surface area contributed by atoms with Gasteiger partial charge in [-0.15, -0.1) is 11.3 Å². The number of fused-ring (bicyclic) bond motifs is 2. The van der Waals surface area contributed by atoms with E-state index in [1.165, 1.54) is 22.5 Å². The number of nitrogens with zero attached hydrogens (tertiary/aromatic N) is 1. The third kappa shape index (κ3) is 2.78. The number of ketones is 1. The van der Waals surface area contributed by atoms with E-state index in [4.69, 9.17) is 0 Å². The molecule has 0 spiro atoms. The highest BCUT2D eigenvalue weighted by atomic mass is 32.1. The van der Waals surface area contributed by atoms with Gasteiger partial charge >= 0.3 is 6.03 Å². The third-order valence-electron chi connectivity index (χ3n) is 6.35. The number of carbonyl (C=O) groups excluding carboxylic acids is 3. The van der Waals surface area contributed by atoms with Crippen molar-refractivity contribution in [1.29, 1.82) is 0 Å². The largest absolute Gasteiger partial charge is 0.325 e. The van der Waals surface area contributed by atoms with Gasteiger partial charge in [-0.05, 0) is 66.8 Å². The van der Waals surface area contributed by atoms with Gasteiger partial charge in [0.1, 0.15) is 5.54 Å². The number of rotatable bonds is 4. The van der Waals surface area contributed by atoms with Crippen LogP contribution < -0.4 is 5.32 Å². The van der Waals surface area contributed by atoms with E-state index in [1.54, 1.807) is 6.92 Å². The summed E-state index contributed by atoms with van der Waals surface area (Å²) in [7, 11) is 0. The van der Waals surface area contributed by atoms with Gasteiger partial charge in [0.05, 0.1) is 11.4 Å². The van der Waals surface area contributed by atoms with Crippen molar-refractivity contribution in [3.63, 3.8) is 0 Å². The van der Waals surface area contributed by atoms with Gasteiger partial charge in [-0.25, -0.2) is 4.79 Å². The zero-order chi connectivity index (χ0) is 21.0. The van der Waals surface area contributed by atoms with Gasteiger partial charge in [0.15, 0.2) is 5.78 Å². The van der Waals surface area contributed by atoms with E-state index >= 15 is 0 Å². The van der Waals surface area contributed by atoms with Crippen molar-refractivity contribution in [2.45, 2.75) is 38.6 Å². The summed E-state index contributed by atoms with van der Waals surface area (Å²) in [4.78, 5) is 40.6. The number of imide groups is 1. The Morgan fingerprint density at radius 1 is 1.13 bits per heavy atom. The van der Waals surface area contributed by atoms with Crippen LogP contribution in [0.25, 0.3) is 10.1 Å². The summed E-state index contributed by atoms with van der Waals surface area (Å²) >= 11 is 1.41. The number of aryl methyl sites for hydroxylation is 3. The number of amides is 3. The van der Waals surface area contributed by atoms with Crippen molar-refractivity contribution < 1.29 is 14.4 Å².